The smallest absolute Gasteiger partial charge is 0.337 e. The number of hydrogen-bond donors (Lipinski definition) is 0. The Balaban J connectivity index is 1.55. The van der Waals surface area contributed by atoms with Crippen LogP contribution >= 0.6 is 11.8 Å². The van der Waals surface area contributed by atoms with E-state index in [1.54, 1.807) is 30.2 Å². The number of methoxy groups -OCH3 is 1. The van der Waals surface area contributed by atoms with Gasteiger partial charge in [-0.05, 0) is 54.8 Å². The van der Waals surface area contributed by atoms with E-state index in [-0.39, 0.29) is 5.97 Å². The normalized spacial score (nSPS) is 13.5. The van der Waals surface area contributed by atoms with Crippen LogP contribution in [0.1, 0.15) is 34.7 Å². The van der Waals surface area contributed by atoms with Gasteiger partial charge in [-0.15, -0.1) is 11.8 Å². The number of aromatic nitrogens is 4. The first-order chi connectivity index (χ1) is 14.7. The molecule has 1 saturated carbocycles. The van der Waals surface area contributed by atoms with Crippen molar-refractivity contribution in [2.45, 2.75) is 23.7 Å². The first kappa shape index (κ1) is 18.8. The van der Waals surface area contributed by atoms with Gasteiger partial charge in [0.25, 0.3) is 0 Å². The lowest BCUT2D eigenvalue weighted by atomic mass is 10.1. The van der Waals surface area contributed by atoms with E-state index >= 15 is 0 Å². The summed E-state index contributed by atoms with van der Waals surface area (Å²) in [6, 6.07) is 9.76. The number of nitrogens with zero attached hydrogens (tertiary/aromatic N) is 4. The summed E-state index contributed by atoms with van der Waals surface area (Å²) in [6.07, 6.45) is 12.0. The van der Waals surface area contributed by atoms with Gasteiger partial charge >= 0.3 is 5.97 Å². The van der Waals surface area contributed by atoms with Crippen molar-refractivity contribution in [3.8, 4) is 17.2 Å². The van der Waals surface area contributed by atoms with E-state index < -0.39 is 0 Å². The number of carbonyl (C=O) groups is 1. The molecule has 0 spiro atoms. The first-order valence-corrected chi connectivity index (χ1v) is 11.0. The average molecular weight is 417 g/mol. The number of thioether (sulfide) groups is 1. The van der Waals surface area contributed by atoms with Crippen molar-refractivity contribution in [1.82, 2.24) is 19.5 Å². The van der Waals surface area contributed by atoms with Gasteiger partial charge in [-0.2, -0.15) is 0 Å². The van der Waals surface area contributed by atoms with Crippen LogP contribution in [-0.4, -0.2) is 38.9 Å². The van der Waals surface area contributed by atoms with Gasteiger partial charge in [0.15, 0.2) is 0 Å². The molecule has 0 N–H and O–H groups in total. The molecule has 4 aromatic rings. The molecule has 1 aliphatic rings. The van der Waals surface area contributed by atoms with Crippen molar-refractivity contribution in [2.24, 2.45) is 0 Å². The maximum atomic E-state index is 12.0. The number of esters is 1. The second kappa shape index (κ2) is 7.57. The SMILES string of the molecule is COC(=O)c1ccc2c(SC)cn(-c3ncc(-c4cc(C5CC5)ccn4)cn3)c2c1. The topological polar surface area (TPSA) is 69.9 Å². The van der Waals surface area contributed by atoms with E-state index in [0.29, 0.717) is 17.4 Å². The Morgan fingerprint density at radius 2 is 1.93 bits per heavy atom. The van der Waals surface area contributed by atoms with Crippen molar-refractivity contribution in [3.05, 3.63) is 66.2 Å². The number of hydrogen-bond acceptors (Lipinski definition) is 6. The standard InChI is InChI=1S/C23H20N4O2S/c1-29-22(28)16-5-6-18-20(10-16)27(13-21(18)30-2)23-25-11-17(12-26-23)19-9-15(7-8-24-19)14-3-4-14/h5-14H,3-4H2,1-2H3. The third-order valence-electron chi connectivity index (χ3n) is 5.39. The molecular weight excluding hydrogens is 396 g/mol. The summed E-state index contributed by atoms with van der Waals surface area (Å²) in [4.78, 5) is 26.8. The molecule has 0 unspecified atom stereocenters. The van der Waals surface area contributed by atoms with Crippen LogP contribution in [0.5, 0.6) is 0 Å². The van der Waals surface area contributed by atoms with E-state index in [1.807, 2.05) is 35.3 Å². The molecule has 5 rings (SSSR count). The summed E-state index contributed by atoms with van der Waals surface area (Å²) in [5, 5.41) is 1.04. The van der Waals surface area contributed by atoms with Crippen LogP contribution in [0.25, 0.3) is 28.1 Å². The van der Waals surface area contributed by atoms with Gasteiger partial charge in [-0.1, -0.05) is 6.07 Å². The van der Waals surface area contributed by atoms with Gasteiger partial charge in [-0.3, -0.25) is 9.55 Å². The molecule has 3 heterocycles. The Kier molecular flexibility index (Phi) is 4.75. The Hall–Kier alpha value is -3.19. The van der Waals surface area contributed by atoms with Crippen molar-refractivity contribution in [3.63, 3.8) is 0 Å². The molecule has 30 heavy (non-hydrogen) atoms. The van der Waals surface area contributed by atoms with Crippen molar-refractivity contribution < 1.29 is 9.53 Å². The molecule has 6 nitrogen and oxygen atoms in total. The zero-order valence-corrected chi connectivity index (χ0v) is 17.5. The molecule has 1 aliphatic carbocycles. The summed E-state index contributed by atoms with van der Waals surface area (Å²) in [5.41, 5.74) is 4.47. The highest BCUT2D eigenvalue weighted by Gasteiger charge is 2.23. The number of benzene rings is 1. The minimum Gasteiger partial charge on any atom is -0.465 e. The zero-order valence-electron chi connectivity index (χ0n) is 16.7. The minimum absolute atomic E-state index is 0.367. The lowest BCUT2D eigenvalue weighted by Gasteiger charge is -2.07. The molecule has 0 bridgehead atoms. The second-order valence-corrected chi connectivity index (χ2v) is 8.16. The summed E-state index contributed by atoms with van der Waals surface area (Å²) in [5.74, 6) is 0.852. The van der Waals surface area contributed by atoms with E-state index in [1.165, 1.54) is 25.5 Å². The number of ether oxygens (including phenoxy) is 1. The highest BCUT2D eigenvalue weighted by atomic mass is 32.2. The molecule has 1 aromatic carbocycles. The third kappa shape index (κ3) is 3.35. The maximum Gasteiger partial charge on any atom is 0.337 e. The number of pyridine rings is 1. The molecule has 0 atom stereocenters. The fourth-order valence-electron chi connectivity index (χ4n) is 3.62. The minimum atomic E-state index is -0.367. The van der Waals surface area contributed by atoms with Crippen molar-refractivity contribution in [2.75, 3.05) is 13.4 Å². The van der Waals surface area contributed by atoms with Gasteiger partial charge in [-0.25, -0.2) is 14.8 Å². The van der Waals surface area contributed by atoms with Gasteiger partial charge in [0, 0.05) is 40.6 Å². The predicted octanol–water partition coefficient (Wildman–Crippen LogP) is 4.87. The summed E-state index contributed by atoms with van der Waals surface area (Å²) < 4.78 is 6.78. The van der Waals surface area contributed by atoms with Crippen LogP contribution in [0.15, 0.2) is 60.0 Å². The Morgan fingerprint density at radius 3 is 2.63 bits per heavy atom. The largest absolute Gasteiger partial charge is 0.465 e. The number of fused-ring (bicyclic) bond motifs is 1. The van der Waals surface area contributed by atoms with Crippen LogP contribution in [0.3, 0.4) is 0 Å². The monoisotopic (exact) mass is 416 g/mol. The molecule has 0 aliphatic heterocycles. The van der Waals surface area contributed by atoms with Crippen LogP contribution in [0, 0.1) is 0 Å². The third-order valence-corrected chi connectivity index (χ3v) is 6.16. The fourth-order valence-corrected chi connectivity index (χ4v) is 4.23. The van der Waals surface area contributed by atoms with Crippen molar-refractivity contribution in [1.29, 1.82) is 0 Å². The quantitative estimate of drug-likeness (QED) is 0.342. The Bertz CT molecular complexity index is 1250. The van der Waals surface area contributed by atoms with Gasteiger partial charge in [0.2, 0.25) is 5.95 Å². The molecule has 7 heteroatoms. The average Bonchev–Trinajstić information content (AvgIpc) is 3.59. The maximum absolute atomic E-state index is 12.0. The van der Waals surface area contributed by atoms with Crippen LogP contribution in [0.2, 0.25) is 0 Å². The first-order valence-electron chi connectivity index (χ1n) is 9.74. The molecule has 150 valence electrons. The Labute approximate surface area is 178 Å². The second-order valence-electron chi connectivity index (χ2n) is 7.31. The van der Waals surface area contributed by atoms with E-state index in [0.717, 1.165) is 27.1 Å². The fraction of sp³-hybridized carbons (Fsp3) is 0.217. The highest BCUT2D eigenvalue weighted by molar-refractivity contribution is 7.98. The molecule has 1 fully saturated rings. The number of carbonyl (C=O) groups excluding carboxylic acids is 1. The molecular formula is C23H20N4O2S. The Morgan fingerprint density at radius 1 is 1.13 bits per heavy atom. The van der Waals surface area contributed by atoms with Crippen LogP contribution in [-0.2, 0) is 4.74 Å². The molecule has 3 aromatic heterocycles. The summed E-state index contributed by atoms with van der Waals surface area (Å²) in [6.45, 7) is 0. The van der Waals surface area contributed by atoms with Crippen LogP contribution < -0.4 is 0 Å². The van der Waals surface area contributed by atoms with E-state index in [2.05, 4.69) is 27.1 Å². The van der Waals surface area contributed by atoms with E-state index in [4.69, 9.17) is 4.74 Å². The lowest BCUT2D eigenvalue weighted by molar-refractivity contribution is 0.0601. The summed E-state index contributed by atoms with van der Waals surface area (Å²) in [7, 11) is 1.38. The lowest BCUT2D eigenvalue weighted by Crippen LogP contribution is -2.03. The van der Waals surface area contributed by atoms with Crippen molar-refractivity contribution >= 4 is 28.6 Å². The molecule has 0 amide bonds. The van der Waals surface area contributed by atoms with Gasteiger partial charge in [0.05, 0.1) is 23.9 Å². The predicted molar refractivity (Wildman–Crippen MR) is 117 cm³/mol. The zero-order chi connectivity index (χ0) is 20.7. The van der Waals surface area contributed by atoms with Gasteiger partial charge in [0.1, 0.15) is 0 Å². The van der Waals surface area contributed by atoms with Gasteiger partial charge < -0.3 is 4.74 Å². The summed E-state index contributed by atoms with van der Waals surface area (Å²) >= 11 is 1.64. The highest BCUT2D eigenvalue weighted by Crippen LogP contribution is 2.40. The molecule has 0 saturated heterocycles. The van der Waals surface area contributed by atoms with Crippen LogP contribution in [0.4, 0.5) is 0 Å². The number of rotatable bonds is 5. The van der Waals surface area contributed by atoms with E-state index in [9.17, 15) is 4.79 Å². The molecule has 0 radical (unpaired) electrons.